The van der Waals surface area contributed by atoms with Gasteiger partial charge < -0.3 is 15.8 Å². The predicted molar refractivity (Wildman–Crippen MR) is 132 cm³/mol. The number of ether oxygens (including phenoxy) is 1. The lowest BCUT2D eigenvalue weighted by Crippen LogP contribution is -2.37. The fraction of sp³-hybridized carbons (Fsp3) is 0.409. The van der Waals surface area contributed by atoms with Crippen molar-refractivity contribution in [3.05, 3.63) is 59.7 Å². The summed E-state index contributed by atoms with van der Waals surface area (Å²) in [5, 5.41) is 3.26. The zero-order chi connectivity index (χ0) is 21.0. The molecule has 168 valence electrons. The third kappa shape index (κ3) is 5.69. The van der Waals surface area contributed by atoms with E-state index in [1.54, 1.807) is 22.5 Å². The first-order valence-corrected chi connectivity index (χ1v) is 11.9. The third-order valence-electron chi connectivity index (χ3n) is 5.56. The number of halogens is 1. The van der Waals surface area contributed by atoms with Gasteiger partial charge in [0.1, 0.15) is 5.75 Å². The molecule has 0 aromatic heterocycles. The molecule has 2 aromatic rings. The maximum Gasteiger partial charge on any atom is 0.243 e. The van der Waals surface area contributed by atoms with E-state index in [2.05, 4.69) is 10.3 Å². The highest BCUT2D eigenvalue weighted by Crippen LogP contribution is 2.31. The summed E-state index contributed by atoms with van der Waals surface area (Å²) in [6.07, 6.45) is 3.73. The molecule has 1 atom stereocenters. The highest BCUT2D eigenvalue weighted by Gasteiger charge is 2.26. The number of piperidine rings is 1. The van der Waals surface area contributed by atoms with Gasteiger partial charge in [-0.25, -0.2) is 13.4 Å². The number of nitrogens with one attached hydrogen (secondary N) is 1. The SMILES string of the molecule is I.NC(=NCc1cccc(S(=O)(=O)N2CCCCC2)c1)NC1CCOc2ccccc21. The van der Waals surface area contributed by atoms with Crippen LogP contribution in [0.1, 0.15) is 42.9 Å². The van der Waals surface area contributed by atoms with Crippen LogP contribution >= 0.6 is 24.0 Å². The second-order valence-corrected chi connectivity index (χ2v) is 9.62. The second-order valence-electron chi connectivity index (χ2n) is 7.69. The van der Waals surface area contributed by atoms with Crippen molar-refractivity contribution in [1.82, 2.24) is 9.62 Å². The lowest BCUT2D eigenvalue weighted by Gasteiger charge is -2.27. The summed E-state index contributed by atoms with van der Waals surface area (Å²) in [6, 6.07) is 14.9. The van der Waals surface area contributed by atoms with Crippen molar-refractivity contribution < 1.29 is 13.2 Å². The van der Waals surface area contributed by atoms with Gasteiger partial charge in [-0.2, -0.15) is 4.31 Å². The van der Waals surface area contributed by atoms with Gasteiger partial charge in [0, 0.05) is 25.1 Å². The van der Waals surface area contributed by atoms with Gasteiger partial charge >= 0.3 is 0 Å². The van der Waals surface area contributed by atoms with Gasteiger partial charge in [-0.05, 0) is 36.6 Å². The standard InChI is InChI=1S/C22H28N4O3S.HI/c23-22(25-20-11-14-29-21-10-3-2-9-19(20)21)24-16-17-7-6-8-18(15-17)30(27,28)26-12-4-1-5-13-26;/h2-3,6-10,15,20H,1,4-5,11-14,16H2,(H3,23,24,25);1H. The fourth-order valence-electron chi connectivity index (χ4n) is 3.95. The van der Waals surface area contributed by atoms with E-state index in [1.165, 1.54) is 0 Å². The molecule has 1 fully saturated rings. The molecule has 1 saturated heterocycles. The quantitative estimate of drug-likeness (QED) is 0.335. The van der Waals surface area contributed by atoms with Crippen molar-refractivity contribution in [1.29, 1.82) is 0 Å². The minimum atomic E-state index is -3.46. The highest BCUT2D eigenvalue weighted by atomic mass is 127. The molecular formula is C22H29IN4O3S. The Morgan fingerprint density at radius 2 is 1.90 bits per heavy atom. The lowest BCUT2D eigenvalue weighted by atomic mass is 10.0. The molecule has 3 N–H and O–H groups in total. The average Bonchev–Trinajstić information content (AvgIpc) is 2.79. The molecular weight excluding hydrogens is 527 g/mol. The number of nitrogens with two attached hydrogens (primary N) is 1. The lowest BCUT2D eigenvalue weighted by molar-refractivity contribution is 0.262. The van der Waals surface area contributed by atoms with Crippen molar-refractivity contribution in [2.24, 2.45) is 10.7 Å². The normalized spacial score (nSPS) is 19.6. The van der Waals surface area contributed by atoms with Gasteiger partial charge in [-0.15, -0.1) is 24.0 Å². The Balaban J connectivity index is 0.00000272. The van der Waals surface area contributed by atoms with E-state index in [1.807, 2.05) is 30.3 Å². The highest BCUT2D eigenvalue weighted by molar-refractivity contribution is 14.0. The van der Waals surface area contributed by atoms with Crippen molar-refractivity contribution in [3.63, 3.8) is 0 Å². The van der Waals surface area contributed by atoms with E-state index in [0.29, 0.717) is 37.1 Å². The number of guanidine groups is 1. The van der Waals surface area contributed by atoms with Crippen molar-refractivity contribution >= 4 is 40.0 Å². The smallest absolute Gasteiger partial charge is 0.243 e. The minimum absolute atomic E-state index is 0. The van der Waals surface area contributed by atoms with Crippen LogP contribution in [0.3, 0.4) is 0 Å². The molecule has 0 spiro atoms. The van der Waals surface area contributed by atoms with E-state index >= 15 is 0 Å². The van der Waals surface area contributed by atoms with E-state index < -0.39 is 10.0 Å². The van der Waals surface area contributed by atoms with Crippen LogP contribution in [0.2, 0.25) is 0 Å². The Kier molecular flexibility index (Phi) is 8.17. The van der Waals surface area contributed by atoms with Gasteiger partial charge in [-0.3, -0.25) is 0 Å². The van der Waals surface area contributed by atoms with Crippen LogP contribution in [0, 0.1) is 0 Å². The molecule has 0 bridgehead atoms. The Morgan fingerprint density at radius 1 is 1.13 bits per heavy atom. The zero-order valence-electron chi connectivity index (χ0n) is 17.4. The number of aliphatic imine (C=N–C) groups is 1. The molecule has 0 saturated carbocycles. The Labute approximate surface area is 201 Å². The molecule has 2 heterocycles. The molecule has 7 nitrogen and oxygen atoms in total. The monoisotopic (exact) mass is 556 g/mol. The first-order chi connectivity index (χ1) is 14.5. The number of benzene rings is 2. The van der Waals surface area contributed by atoms with Crippen molar-refractivity contribution in [2.75, 3.05) is 19.7 Å². The van der Waals surface area contributed by atoms with Crippen LogP contribution in [0.25, 0.3) is 0 Å². The molecule has 1 unspecified atom stereocenters. The average molecular weight is 556 g/mol. The molecule has 9 heteroatoms. The minimum Gasteiger partial charge on any atom is -0.493 e. The summed E-state index contributed by atoms with van der Waals surface area (Å²) >= 11 is 0. The largest absolute Gasteiger partial charge is 0.493 e. The summed E-state index contributed by atoms with van der Waals surface area (Å²) in [6.45, 7) is 2.12. The molecule has 0 radical (unpaired) electrons. The maximum absolute atomic E-state index is 12.9. The predicted octanol–water partition coefficient (Wildman–Crippen LogP) is 3.41. The van der Waals surface area contributed by atoms with E-state index in [-0.39, 0.29) is 30.0 Å². The van der Waals surface area contributed by atoms with Crippen molar-refractivity contribution in [2.45, 2.75) is 43.2 Å². The Morgan fingerprint density at radius 3 is 2.71 bits per heavy atom. The number of nitrogens with zero attached hydrogens (tertiary/aromatic N) is 2. The maximum atomic E-state index is 12.9. The Bertz CT molecular complexity index is 1020. The molecule has 2 aliphatic rings. The topological polar surface area (TPSA) is 97.0 Å². The molecule has 2 aliphatic heterocycles. The van der Waals surface area contributed by atoms with Gasteiger partial charge in [0.2, 0.25) is 10.0 Å². The van der Waals surface area contributed by atoms with Gasteiger partial charge in [-0.1, -0.05) is 36.8 Å². The summed E-state index contributed by atoms with van der Waals surface area (Å²) in [7, 11) is -3.46. The molecule has 0 aliphatic carbocycles. The van der Waals surface area contributed by atoms with E-state index in [9.17, 15) is 8.42 Å². The van der Waals surface area contributed by atoms with E-state index in [4.69, 9.17) is 10.5 Å². The fourth-order valence-corrected chi connectivity index (χ4v) is 5.54. The number of hydrogen-bond acceptors (Lipinski definition) is 4. The third-order valence-corrected chi connectivity index (χ3v) is 7.46. The number of rotatable bonds is 5. The van der Waals surface area contributed by atoms with Crippen molar-refractivity contribution in [3.8, 4) is 5.75 Å². The van der Waals surface area contributed by atoms with Crippen LogP contribution in [0.5, 0.6) is 5.75 Å². The van der Waals surface area contributed by atoms with Crippen LogP contribution in [0.15, 0.2) is 58.4 Å². The van der Waals surface area contributed by atoms with Crippen LogP contribution in [-0.4, -0.2) is 38.4 Å². The van der Waals surface area contributed by atoms with Crippen LogP contribution in [-0.2, 0) is 16.6 Å². The van der Waals surface area contributed by atoms with E-state index in [0.717, 1.165) is 42.6 Å². The van der Waals surface area contributed by atoms with Crippen LogP contribution < -0.4 is 15.8 Å². The molecule has 4 rings (SSSR count). The summed E-state index contributed by atoms with van der Waals surface area (Å²) in [5.74, 6) is 1.20. The van der Waals surface area contributed by atoms with Gasteiger partial charge in [0.05, 0.1) is 24.1 Å². The van der Waals surface area contributed by atoms with Gasteiger partial charge in [0.15, 0.2) is 5.96 Å². The number of fused-ring (bicyclic) bond motifs is 1. The summed E-state index contributed by atoms with van der Waals surface area (Å²) < 4.78 is 33.1. The summed E-state index contributed by atoms with van der Waals surface area (Å²) in [4.78, 5) is 4.75. The molecule has 0 amide bonds. The first kappa shape index (κ1) is 23.8. The molecule has 2 aromatic carbocycles. The number of sulfonamides is 1. The van der Waals surface area contributed by atoms with Crippen LogP contribution in [0.4, 0.5) is 0 Å². The second kappa shape index (κ2) is 10.6. The van der Waals surface area contributed by atoms with Gasteiger partial charge in [0.25, 0.3) is 0 Å². The number of hydrogen-bond donors (Lipinski definition) is 2. The first-order valence-electron chi connectivity index (χ1n) is 10.4. The number of para-hydroxylation sites is 1. The summed E-state index contributed by atoms with van der Waals surface area (Å²) in [5.41, 5.74) is 8.00. The Hall–Kier alpha value is -1.85. The zero-order valence-corrected chi connectivity index (χ0v) is 20.5. The molecule has 31 heavy (non-hydrogen) atoms.